The number of ketones is 2. The largest absolute Gasteiger partial charge is 0.872 e. The average molecular weight is 1980 g/mol. The lowest BCUT2D eigenvalue weighted by atomic mass is 9.71. The number of nitrogens with zero attached hydrogens (tertiary/aromatic N) is 9. The number of aliphatic hydroxyl groups is 2. The molecular weight excluding hydrogens is 1910 g/mol. The van der Waals surface area contributed by atoms with Gasteiger partial charge in [-0.2, -0.15) is 17.2 Å². The second kappa shape index (κ2) is 36.2. The molecule has 45 nitrogen and oxygen atoms in total. The van der Waals surface area contributed by atoms with Gasteiger partial charge in [0.15, 0.2) is 50.8 Å². The molecule has 4 aromatic carbocycles. The molecule has 129 heavy (non-hydrogen) atoms. The van der Waals surface area contributed by atoms with Crippen LogP contribution in [0, 0.1) is 6.92 Å². The third-order valence-electron chi connectivity index (χ3n) is 19.6. The van der Waals surface area contributed by atoms with Crippen LogP contribution >= 0.6 is 93.3 Å². The van der Waals surface area contributed by atoms with Gasteiger partial charge in [-0.25, -0.2) is 67.1 Å². The van der Waals surface area contributed by atoms with Crippen molar-refractivity contribution in [3.63, 3.8) is 0 Å². The highest BCUT2D eigenvalue weighted by atomic mass is 35.5. The van der Waals surface area contributed by atoms with Gasteiger partial charge >= 0.3 is 52.6 Å². The Morgan fingerprint density at radius 1 is 0.597 bits per heavy atom. The summed E-state index contributed by atoms with van der Waals surface area (Å²) in [6.07, 6.45) is 2.40. The van der Waals surface area contributed by atoms with Crippen molar-refractivity contribution in [2.75, 3.05) is 18.9 Å². The summed E-state index contributed by atoms with van der Waals surface area (Å²) >= 11 is 24.4. The van der Waals surface area contributed by atoms with Crippen LogP contribution in [0.4, 0.5) is 17.2 Å². The fraction of sp³-hybridized carbons (Fsp3) is 0.230. The number of fused-ring (bicyclic) bond motifs is 9. The molecule has 17 rings (SSSR count). The molecule has 0 amide bonds. The first-order valence-electron chi connectivity index (χ1n) is 36.9. The second-order valence-corrected chi connectivity index (χ2v) is 40.1. The summed E-state index contributed by atoms with van der Waals surface area (Å²) < 4.78 is 135. The number of phosphoric acid groups is 6. The van der Waals surface area contributed by atoms with Crippen LogP contribution in [0.25, 0.3) is 56.3 Å². The molecule has 2 fully saturated rings. The van der Waals surface area contributed by atoms with Gasteiger partial charge in [-0.3, -0.25) is 56.9 Å². The monoisotopic (exact) mass is 1980 g/mol. The molecule has 0 saturated carbocycles. The number of anilines is 1. The topological polar surface area (TPSA) is 672 Å². The van der Waals surface area contributed by atoms with Gasteiger partial charge in [-0.1, -0.05) is 85.9 Å². The third-order valence-corrected chi connectivity index (χ3v) is 29.3. The Labute approximate surface area is 741 Å². The number of aromatic amines is 1. The van der Waals surface area contributed by atoms with E-state index in [0.717, 1.165) is 28.3 Å². The predicted molar refractivity (Wildman–Crippen MR) is 451 cm³/mol. The van der Waals surface area contributed by atoms with E-state index in [2.05, 4.69) is 61.7 Å². The normalized spacial score (nSPS) is 21.8. The summed E-state index contributed by atoms with van der Waals surface area (Å²) in [4.78, 5) is 162. The first-order chi connectivity index (χ1) is 60.3. The van der Waals surface area contributed by atoms with E-state index >= 15 is 0 Å². The molecule has 11 N–H and O–H groups in total. The lowest BCUT2D eigenvalue weighted by molar-refractivity contribution is -0.268. The number of nitrogens with two attached hydrogens (primary N) is 1. The number of phosphoric ester groups is 4. The van der Waals surface area contributed by atoms with E-state index in [1.807, 2.05) is 13.8 Å². The minimum atomic E-state index is -5.84. The maximum absolute atomic E-state index is 12.7. The highest BCUT2D eigenvalue weighted by Gasteiger charge is 2.49. The maximum Gasteiger partial charge on any atom is 0.536 e. The minimum absolute atomic E-state index is 0.00332. The van der Waals surface area contributed by atoms with Crippen LogP contribution in [0.15, 0.2) is 199 Å². The number of allylic oxidation sites excluding steroid dienone is 8. The van der Waals surface area contributed by atoms with E-state index in [1.165, 1.54) is 115 Å². The fourth-order valence-electron chi connectivity index (χ4n) is 13.8. The van der Waals surface area contributed by atoms with Crippen LogP contribution in [0.5, 0.6) is 23.0 Å². The number of aromatic nitrogens is 8. The summed E-state index contributed by atoms with van der Waals surface area (Å²) in [6.45, 7) is 6.92. The lowest BCUT2D eigenvalue weighted by Crippen LogP contribution is -2.33. The first kappa shape index (κ1) is 95.0. The minimum Gasteiger partial charge on any atom is -0.872 e. The Morgan fingerprint density at radius 2 is 1.13 bits per heavy atom. The van der Waals surface area contributed by atoms with Crippen molar-refractivity contribution in [2.45, 2.75) is 95.2 Å². The number of benzene rings is 6. The number of halogens is 4. The molecule has 0 radical (unpaired) electrons. The number of ether oxygens (including phenoxy) is 2. The van der Waals surface area contributed by atoms with E-state index in [9.17, 15) is 106 Å². The first-order valence-corrected chi connectivity index (χ1v) is 47.4. The number of imidazole rings is 1. The Bertz CT molecular complexity index is 7200. The number of aliphatic imine (C=N–C) groups is 2. The lowest BCUT2D eigenvalue weighted by Gasteiger charge is -2.36. The molecule has 7 aromatic rings. The molecule has 12 atom stereocenters. The fourth-order valence-corrected chi connectivity index (χ4v) is 22.2. The van der Waals surface area contributed by atoms with Crippen LogP contribution in [0.3, 0.4) is 0 Å². The molecule has 0 bridgehead atoms. The van der Waals surface area contributed by atoms with Gasteiger partial charge in [0.2, 0.25) is 5.78 Å². The summed E-state index contributed by atoms with van der Waals surface area (Å²) in [6, 6.07) is 21.6. The van der Waals surface area contributed by atoms with E-state index in [1.54, 1.807) is 32.1 Å². The van der Waals surface area contributed by atoms with Crippen molar-refractivity contribution in [3.8, 4) is 45.9 Å². The third kappa shape index (κ3) is 21.3. The Morgan fingerprint density at radius 3 is 1.72 bits per heavy atom. The van der Waals surface area contributed by atoms with Crippen LogP contribution < -0.4 is 47.1 Å². The van der Waals surface area contributed by atoms with E-state index in [-0.39, 0.29) is 94.8 Å². The van der Waals surface area contributed by atoms with Crippen molar-refractivity contribution >= 4 is 167 Å². The summed E-state index contributed by atoms with van der Waals surface area (Å²) in [5, 5.41) is 43.6. The highest BCUT2D eigenvalue weighted by molar-refractivity contribution is 7.67. The summed E-state index contributed by atoms with van der Waals surface area (Å²) in [5.74, 6) is -1.42. The zero-order chi connectivity index (χ0) is 93.5. The molecule has 4 aliphatic carbocycles. The van der Waals surface area contributed by atoms with Gasteiger partial charge in [-0.05, 0) is 115 Å². The van der Waals surface area contributed by atoms with Gasteiger partial charge in [0, 0.05) is 74.8 Å². The average Bonchev–Trinajstić information content (AvgIpc) is 1.71. The molecule has 2 saturated heterocycles. The van der Waals surface area contributed by atoms with Crippen molar-refractivity contribution in [1.82, 2.24) is 39.0 Å². The van der Waals surface area contributed by atoms with Crippen LogP contribution in [-0.4, -0.2) is 139 Å². The molecule has 0 spiro atoms. The van der Waals surface area contributed by atoms with E-state index in [0.29, 0.717) is 73.4 Å². The quantitative estimate of drug-likeness (QED) is 0.0192. The van der Waals surface area contributed by atoms with Crippen molar-refractivity contribution < 1.29 is 140 Å². The van der Waals surface area contributed by atoms with Crippen LogP contribution in [0.1, 0.15) is 69.7 Å². The van der Waals surface area contributed by atoms with Crippen LogP contribution in [0.2, 0.25) is 10.0 Å². The smallest absolute Gasteiger partial charge is 0.536 e. The predicted octanol–water partition coefficient (Wildman–Crippen LogP) is 10.4. The SMILES string of the molecule is CC1(C)C2=C(Cl)C(=O)C(Cl)=CC2=Nc2ccc(OP(=O)(O)OP(=O)(O)OP(=O)(O)OC[C@H]3O[C@@H](n4cnc5c(N)ncnc54)CC3O)cc21.CC1(C)C2=CC(=O)C=CC2=Nc2cc(Cl)c([O-])c(Cl)c21.Cc1cn([C@H]2CC(O)[C@@H](COP(=O)(O)OP(=O)(O)OP(=O)(O)Oc3ccc4nc5ccc(=O)cc-5oc4c3)O2)c(=O)[nH]c1=O.O=c1ccc2nc3ccc([O-])cc3oc-2c1. The molecule has 678 valence electrons. The Kier molecular flexibility index (Phi) is 26.7. The van der Waals surface area contributed by atoms with Gasteiger partial charge in [0.25, 0.3) is 5.56 Å². The van der Waals surface area contributed by atoms with E-state index in [4.69, 9.17) is 84.0 Å². The summed E-state index contributed by atoms with van der Waals surface area (Å²) in [7, 11) is -33.8. The number of Topliss-reactive ketones (excluding diaryl/α,β-unsaturated/α-hetero) is 1. The molecule has 9 heterocycles. The van der Waals surface area contributed by atoms with Crippen molar-refractivity contribution in [1.29, 1.82) is 0 Å². The molecule has 8 unspecified atom stereocenters. The summed E-state index contributed by atoms with van der Waals surface area (Å²) in [5.41, 5.74) is 9.27. The number of aryl methyl sites for hydroxylation is 1. The zero-order valence-electron chi connectivity index (χ0n) is 66.1. The molecule has 6 aliphatic heterocycles. The number of rotatable bonds is 20. The van der Waals surface area contributed by atoms with Gasteiger partial charge in [-0.15, -0.1) is 5.75 Å². The number of aliphatic hydroxyl groups excluding tert-OH is 2. The van der Waals surface area contributed by atoms with E-state index < -0.39 is 136 Å². The van der Waals surface area contributed by atoms with Gasteiger partial charge < -0.3 is 73.1 Å². The standard InChI is InChI=1S/C25H25Cl2N6O13P3.C22H22N3O16P3.C15H11Cl2NO2.C12H7NO3/c1-25(2)12-5-11(3-4-14(12)32-15-6-13(26)22(35)20(27)19(15)25)44-48(38,39)46-49(40,41)45-47(36,37)42-8-17-16(34)7-18(43-17)33-10-31-21-23(28)29-9-30-24(21)33;1-11-9-25(22(29)24-21(11)28)20-8-16(27)19(38-20)10-36-42(30,31)40-44(34,35)41-43(32,33)39-13-3-5-15-18(7-13)37-17-6-12(26)2-4-14(17)23-15;1-15(2)8-5-7(19)3-4-10(8)18-11-6-9(16)14(20)13(17)12(11)15;14-7-1-3-9-11(5-7)16-12-6-8(15)2-4-10(12)13-9/h3-6,9-10,16-18,34H,7-8H2,1-2H3,(H,36,37)(H,38,39)(H,40,41)(H2,28,29,30);2-7,9,16,19-20,27H,8,10H2,1H3,(H,30,31)(H,32,33)(H,34,35)(H,24,28,29);3-6,20H,1-2H3;1-6,14H/p-2/t16?,17-,18-;16?,19-,20-;;/m11../s1. The maximum atomic E-state index is 12.7. The number of H-pyrrole nitrogens is 1. The Hall–Kier alpha value is -10.1. The number of hydrogen-bond donors (Lipinski definition) is 10. The number of nitrogens with one attached hydrogen (secondary N) is 1. The van der Waals surface area contributed by atoms with Gasteiger partial charge in [0.05, 0.1) is 64.6 Å². The molecular formula is C74H63Cl4N11O34P6-2. The number of nitrogen functional groups attached to an aromatic ring is 1. The highest BCUT2D eigenvalue weighted by Crippen LogP contribution is 2.69. The van der Waals surface area contributed by atoms with Crippen molar-refractivity contribution in [2.24, 2.45) is 9.98 Å². The molecule has 55 heteroatoms. The number of carbonyl (C=O) groups is 2. The second-order valence-electron chi connectivity index (χ2n) is 29.4. The number of hydrogen-bond acceptors (Lipinski definition) is 36. The van der Waals surface area contributed by atoms with Gasteiger partial charge in [0.1, 0.15) is 70.4 Å². The molecule has 10 aliphatic rings. The van der Waals surface area contributed by atoms with Crippen molar-refractivity contribution in [3.05, 3.63) is 229 Å². The van der Waals surface area contributed by atoms with Crippen LogP contribution in [-0.2, 0) is 83.6 Å². The Balaban J connectivity index is 0.000000152. The molecule has 3 aromatic heterocycles. The zero-order valence-corrected chi connectivity index (χ0v) is 74.5. The number of carbonyl (C=O) groups excluding carboxylic acids is 2.